The molecule has 0 amide bonds. The molecule has 2 rings (SSSR count). The van der Waals surface area contributed by atoms with Crippen LogP contribution in [0.4, 0.5) is 0 Å². The van der Waals surface area contributed by atoms with Crippen LogP contribution < -0.4 is 5.73 Å². The number of benzene rings is 1. The smallest absolute Gasteiger partial charge is 0.209 e. The van der Waals surface area contributed by atoms with Crippen molar-refractivity contribution in [3.8, 4) is 0 Å². The maximum Gasteiger partial charge on any atom is 0.209 e. The molecule has 0 aliphatic rings. The van der Waals surface area contributed by atoms with E-state index < -0.39 is 0 Å². The Morgan fingerprint density at radius 1 is 1.50 bits per heavy atom. The SMILES string of the molecule is NCc1nc2c(Cl)cccc2o1. The first-order chi connectivity index (χ1) is 5.81. The number of hydrogen-bond donors (Lipinski definition) is 1. The highest BCUT2D eigenvalue weighted by Gasteiger charge is 2.05. The van der Waals surface area contributed by atoms with E-state index in [2.05, 4.69) is 4.98 Å². The third-order valence-corrected chi connectivity index (χ3v) is 1.89. The fourth-order valence-corrected chi connectivity index (χ4v) is 1.26. The van der Waals surface area contributed by atoms with Crippen LogP contribution in [0.25, 0.3) is 11.1 Å². The Kier molecular flexibility index (Phi) is 1.75. The Hall–Kier alpha value is -1.06. The molecular weight excluding hydrogens is 176 g/mol. The van der Waals surface area contributed by atoms with Crippen LogP contribution in [0.3, 0.4) is 0 Å². The zero-order valence-corrected chi connectivity index (χ0v) is 7.01. The lowest BCUT2D eigenvalue weighted by Crippen LogP contribution is -1.95. The van der Waals surface area contributed by atoms with Crippen LogP contribution in [0.2, 0.25) is 5.02 Å². The van der Waals surface area contributed by atoms with E-state index >= 15 is 0 Å². The van der Waals surface area contributed by atoms with Gasteiger partial charge in [-0.05, 0) is 12.1 Å². The second-order valence-electron chi connectivity index (χ2n) is 2.40. The van der Waals surface area contributed by atoms with Gasteiger partial charge in [-0.3, -0.25) is 0 Å². The largest absolute Gasteiger partial charge is 0.439 e. The van der Waals surface area contributed by atoms with Crippen molar-refractivity contribution in [3.05, 3.63) is 29.1 Å². The van der Waals surface area contributed by atoms with E-state index in [1.54, 1.807) is 6.07 Å². The molecule has 2 N–H and O–H groups in total. The number of nitrogens with zero attached hydrogens (tertiary/aromatic N) is 1. The summed E-state index contributed by atoms with van der Waals surface area (Å²) in [5, 5.41) is 0.593. The van der Waals surface area contributed by atoms with Crippen molar-refractivity contribution in [1.29, 1.82) is 0 Å². The molecule has 3 nitrogen and oxygen atoms in total. The van der Waals surface area contributed by atoms with E-state index in [0.29, 0.717) is 28.6 Å². The van der Waals surface area contributed by atoms with Gasteiger partial charge in [0.1, 0.15) is 5.52 Å². The molecule has 2 aromatic rings. The van der Waals surface area contributed by atoms with Crippen molar-refractivity contribution in [2.24, 2.45) is 5.73 Å². The molecule has 0 atom stereocenters. The van der Waals surface area contributed by atoms with Crippen molar-refractivity contribution in [3.63, 3.8) is 0 Å². The van der Waals surface area contributed by atoms with Crippen LogP contribution in [0.5, 0.6) is 0 Å². The normalized spacial score (nSPS) is 10.8. The summed E-state index contributed by atoms with van der Waals surface area (Å²) >= 11 is 5.86. The van der Waals surface area contributed by atoms with Crippen LogP contribution in [0, 0.1) is 0 Å². The topological polar surface area (TPSA) is 52.0 Å². The molecule has 0 unspecified atom stereocenters. The van der Waals surface area contributed by atoms with Gasteiger partial charge in [-0.2, -0.15) is 0 Å². The minimum absolute atomic E-state index is 0.297. The average molecular weight is 183 g/mol. The Labute approximate surface area is 74.1 Å². The summed E-state index contributed by atoms with van der Waals surface area (Å²) < 4.78 is 5.28. The first-order valence-electron chi connectivity index (χ1n) is 3.55. The number of oxazole rings is 1. The Morgan fingerprint density at radius 3 is 3.00 bits per heavy atom. The molecule has 0 bridgehead atoms. The van der Waals surface area contributed by atoms with Crippen molar-refractivity contribution < 1.29 is 4.42 Å². The van der Waals surface area contributed by atoms with Crippen LogP contribution in [0.1, 0.15) is 5.89 Å². The molecule has 12 heavy (non-hydrogen) atoms. The van der Waals surface area contributed by atoms with Gasteiger partial charge in [-0.1, -0.05) is 17.7 Å². The molecule has 0 spiro atoms. The van der Waals surface area contributed by atoms with Crippen LogP contribution in [-0.4, -0.2) is 4.98 Å². The molecule has 0 aliphatic heterocycles. The van der Waals surface area contributed by atoms with Gasteiger partial charge in [0.25, 0.3) is 0 Å². The third kappa shape index (κ3) is 1.07. The lowest BCUT2D eigenvalue weighted by atomic mass is 10.3. The summed E-state index contributed by atoms with van der Waals surface area (Å²) in [6, 6.07) is 5.40. The molecule has 4 heteroatoms. The third-order valence-electron chi connectivity index (χ3n) is 1.59. The molecule has 1 aromatic carbocycles. The Morgan fingerprint density at radius 2 is 2.33 bits per heavy atom. The molecule has 0 radical (unpaired) electrons. The lowest BCUT2D eigenvalue weighted by molar-refractivity contribution is 0.533. The maximum atomic E-state index is 5.86. The molecule has 1 heterocycles. The molecular formula is C8H7ClN2O. The number of aromatic nitrogens is 1. The molecule has 0 fully saturated rings. The van der Waals surface area contributed by atoms with Crippen molar-refractivity contribution >= 4 is 22.7 Å². The van der Waals surface area contributed by atoms with Gasteiger partial charge in [0, 0.05) is 0 Å². The fourth-order valence-electron chi connectivity index (χ4n) is 1.05. The molecule has 62 valence electrons. The van der Waals surface area contributed by atoms with E-state index in [-0.39, 0.29) is 0 Å². The van der Waals surface area contributed by atoms with Crippen LogP contribution in [-0.2, 0) is 6.54 Å². The second-order valence-corrected chi connectivity index (χ2v) is 2.81. The van der Waals surface area contributed by atoms with Gasteiger partial charge >= 0.3 is 0 Å². The van der Waals surface area contributed by atoms with Crippen LogP contribution in [0.15, 0.2) is 22.6 Å². The van der Waals surface area contributed by atoms with E-state index in [9.17, 15) is 0 Å². The fraction of sp³-hybridized carbons (Fsp3) is 0.125. The first-order valence-corrected chi connectivity index (χ1v) is 3.93. The molecule has 0 aliphatic carbocycles. The Bertz CT molecular complexity index is 410. The summed E-state index contributed by atoms with van der Waals surface area (Å²) in [6.07, 6.45) is 0. The summed E-state index contributed by atoms with van der Waals surface area (Å²) in [4.78, 5) is 4.11. The van der Waals surface area contributed by atoms with E-state index in [4.69, 9.17) is 21.8 Å². The highest BCUT2D eigenvalue weighted by Crippen LogP contribution is 2.22. The highest BCUT2D eigenvalue weighted by molar-refractivity contribution is 6.34. The Balaban J connectivity index is 2.74. The van der Waals surface area contributed by atoms with Gasteiger partial charge < -0.3 is 10.2 Å². The number of rotatable bonds is 1. The quantitative estimate of drug-likeness (QED) is 0.734. The number of para-hydroxylation sites is 1. The summed E-state index contributed by atoms with van der Waals surface area (Å²) in [7, 11) is 0. The van der Waals surface area contributed by atoms with Gasteiger partial charge in [-0.15, -0.1) is 0 Å². The average Bonchev–Trinajstić information content (AvgIpc) is 2.49. The van der Waals surface area contributed by atoms with Crippen molar-refractivity contribution in [1.82, 2.24) is 4.98 Å². The van der Waals surface area contributed by atoms with Crippen LogP contribution >= 0.6 is 11.6 Å². The zero-order chi connectivity index (χ0) is 8.55. The standard InChI is InChI=1S/C8H7ClN2O/c9-5-2-1-3-6-8(5)11-7(4-10)12-6/h1-3H,4,10H2. The molecule has 0 saturated heterocycles. The second kappa shape index (κ2) is 2.77. The van der Waals surface area contributed by atoms with E-state index in [1.165, 1.54) is 0 Å². The van der Waals surface area contributed by atoms with Gasteiger partial charge in [-0.25, -0.2) is 4.98 Å². The minimum atomic E-state index is 0.297. The van der Waals surface area contributed by atoms with Gasteiger partial charge in [0.15, 0.2) is 5.58 Å². The first kappa shape index (κ1) is 7.58. The highest BCUT2D eigenvalue weighted by atomic mass is 35.5. The minimum Gasteiger partial charge on any atom is -0.439 e. The number of hydrogen-bond acceptors (Lipinski definition) is 3. The summed E-state index contributed by atoms with van der Waals surface area (Å²) in [5.74, 6) is 0.512. The predicted octanol–water partition coefficient (Wildman–Crippen LogP) is 1.94. The number of fused-ring (bicyclic) bond motifs is 1. The van der Waals surface area contributed by atoms with E-state index in [1.807, 2.05) is 12.1 Å². The van der Waals surface area contributed by atoms with E-state index in [0.717, 1.165) is 0 Å². The number of halogens is 1. The predicted molar refractivity (Wildman–Crippen MR) is 46.9 cm³/mol. The molecule has 0 saturated carbocycles. The van der Waals surface area contributed by atoms with Crippen molar-refractivity contribution in [2.75, 3.05) is 0 Å². The van der Waals surface area contributed by atoms with Gasteiger partial charge in [0.2, 0.25) is 5.89 Å². The summed E-state index contributed by atoms with van der Waals surface area (Å²) in [5.41, 5.74) is 6.73. The monoisotopic (exact) mass is 182 g/mol. The molecule has 1 aromatic heterocycles. The zero-order valence-electron chi connectivity index (χ0n) is 6.25. The lowest BCUT2D eigenvalue weighted by Gasteiger charge is -1.86. The number of nitrogens with two attached hydrogens (primary N) is 1. The maximum absolute atomic E-state index is 5.86. The van der Waals surface area contributed by atoms with Crippen molar-refractivity contribution in [2.45, 2.75) is 6.54 Å². The van der Waals surface area contributed by atoms with Gasteiger partial charge in [0.05, 0.1) is 11.6 Å². The summed E-state index contributed by atoms with van der Waals surface area (Å²) in [6.45, 7) is 0.297.